The molecule has 0 heterocycles. The van der Waals surface area contributed by atoms with Crippen LogP contribution in [0.15, 0.2) is 23.2 Å². The van der Waals surface area contributed by atoms with E-state index in [9.17, 15) is 4.79 Å². The van der Waals surface area contributed by atoms with E-state index in [4.69, 9.17) is 28.9 Å². The first kappa shape index (κ1) is 14.8. The first-order chi connectivity index (χ1) is 8.43. The second kappa shape index (κ2) is 6.61. The lowest BCUT2D eigenvalue weighted by Crippen LogP contribution is -2.30. The lowest BCUT2D eigenvalue weighted by molar-refractivity contribution is 0.0943. The van der Waals surface area contributed by atoms with Crippen molar-refractivity contribution in [2.24, 2.45) is 10.7 Å². The maximum absolute atomic E-state index is 11.8. The van der Waals surface area contributed by atoms with Crippen LogP contribution >= 0.6 is 23.2 Å². The summed E-state index contributed by atoms with van der Waals surface area (Å²) in [6.45, 7) is 3.76. The number of hydrogen-bond donors (Lipinski definition) is 2. The Morgan fingerprint density at radius 3 is 2.67 bits per heavy atom. The molecule has 98 valence electrons. The number of alkyl halides is 1. The molecule has 1 aromatic carbocycles. The minimum atomic E-state index is -0.212. The minimum absolute atomic E-state index is 0.0538. The van der Waals surface area contributed by atoms with E-state index in [1.165, 1.54) is 0 Å². The molecule has 4 nitrogen and oxygen atoms in total. The molecule has 0 aliphatic heterocycles. The number of nitrogens with zero attached hydrogens (tertiary/aromatic N) is 1. The maximum atomic E-state index is 11.8. The van der Waals surface area contributed by atoms with Gasteiger partial charge in [0.1, 0.15) is 5.84 Å². The van der Waals surface area contributed by atoms with Gasteiger partial charge in [0.25, 0.3) is 5.91 Å². The van der Waals surface area contributed by atoms with Crippen LogP contribution in [0.3, 0.4) is 0 Å². The molecule has 18 heavy (non-hydrogen) atoms. The van der Waals surface area contributed by atoms with E-state index < -0.39 is 0 Å². The van der Waals surface area contributed by atoms with Gasteiger partial charge in [-0.25, -0.2) is 4.99 Å². The zero-order valence-electron chi connectivity index (χ0n) is 10.2. The van der Waals surface area contributed by atoms with Crippen molar-refractivity contribution in [2.45, 2.75) is 19.9 Å². The van der Waals surface area contributed by atoms with E-state index in [1.54, 1.807) is 18.2 Å². The third-order valence-corrected chi connectivity index (χ3v) is 2.61. The van der Waals surface area contributed by atoms with Gasteiger partial charge in [-0.15, -0.1) is 11.6 Å². The number of rotatable bonds is 4. The van der Waals surface area contributed by atoms with Crippen molar-refractivity contribution in [3.8, 4) is 0 Å². The van der Waals surface area contributed by atoms with Crippen molar-refractivity contribution in [1.82, 2.24) is 5.32 Å². The van der Waals surface area contributed by atoms with Gasteiger partial charge in [-0.2, -0.15) is 0 Å². The van der Waals surface area contributed by atoms with Crippen molar-refractivity contribution < 1.29 is 4.79 Å². The monoisotopic (exact) mass is 287 g/mol. The van der Waals surface area contributed by atoms with Gasteiger partial charge in [-0.1, -0.05) is 11.6 Å². The van der Waals surface area contributed by atoms with E-state index in [-0.39, 0.29) is 17.8 Å². The largest absolute Gasteiger partial charge is 0.386 e. The van der Waals surface area contributed by atoms with E-state index >= 15 is 0 Å². The van der Waals surface area contributed by atoms with Gasteiger partial charge < -0.3 is 11.1 Å². The Labute approximate surface area is 116 Å². The van der Waals surface area contributed by atoms with Gasteiger partial charge in [0, 0.05) is 6.04 Å². The molecular formula is C12H15Cl2N3O. The zero-order chi connectivity index (χ0) is 13.7. The van der Waals surface area contributed by atoms with Gasteiger partial charge in [0.15, 0.2) is 0 Å². The molecule has 0 bridgehead atoms. The topological polar surface area (TPSA) is 67.5 Å². The van der Waals surface area contributed by atoms with Crippen LogP contribution in [0.2, 0.25) is 5.02 Å². The average Bonchev–Trinajstić information content (AvgIpc) is 2.27. The first-order valence-electron chi connectivity index (χ1n) is 5.43. The minimum Gasteiger partial charge on any atom is -0.386 e. The molecule has 0 fully saturated rings. The van der Waals surface area contributed by atoms with Gasteiger partial charge in [0.05, 0.1) is 22.2 Å². The second-order valence-corrected chi connectivity index (χ2v) is 4.70. The van der Waals surface area contributed by atoms with Crippen molar-refractivity contribution in [1.29, 1.82) is 0 Å². The molecule has 0 saturated carbocycles. The van der Waals surface area contributed by atoms with Gasteiger partial charge in [-0.3, -0.25) is 4.79 Å². The van der Waals surface area contributed by atoms with Crippen molar-refractivity contribution in [3.05, 3.63) is 28.8 Å². The standard InChI is InChI=1S/C12H15Cl2N3O/c1-7(2)16-12(18)9-4-3-8(5-10(9)14)17-11(15)6-13/h3-5,7H,6H2,1-2H3,(H2,15,17)(H,16,18). The van der Waals surface area contributed by atoms with Gasteiger partial charge in [0.2, 0.25) is 0 Å². The summed E-state index contributed by atoms with van der Waals surface area (Å²) in [7, 11) is 0. The normalized spacial score (nSPS) is 11.7. The summed E-state index contributed by atoms with van der Waals surface area (Å²) in [5.41, 5.74) is 6.49. The Bertz CT molecular complexity index is 472. The predicted molar refractivity (Wildman–Crippen MR) is 76.1 cm³/mol. The highest BCUT2D eigenvalue weighted by Crippen LogP contribution is 2.23. The summed E-state index contributed by atoms with van der Waals surface area (Å²) in [4.78, 5) is 15.8. The van der Waals surface area contributed by atoms with E-state index in [0.717, 1.165) is 0 Å². The summed E-state index contributed by atoms with van der Waals surface area (Å²) in [5.74, 6) is 0.232. The molecule has 0 atom stereocenters. The second-order valence-electron chi connectivity index (χ2n) is 4.03. The summed E-state index contributed by atoms with van der Waals surface area (Å²) >= 11 is 11.6. The van der Waals surface area contributed by atoms with Crippen molar-refractivity contribution in [3.63, 3.8) is 0 Å². The highest BCUT2D eigenvalue weighted by atomic mass is 35.5. The SMILES string of the molecule is CC(C)NC(=O)c1ccc(N=C(N)CCl)cc1Cl. The fraction of sp³-hybridized carbons (Fsp3) is 0.333. The van der Waals surface area contributed by atoms with Gasteiger partial charge in [-0.05, 0) is 32.0 Å². The summed E-state index contributed by atoms with van der Waals surface area (Å²) in [6, 6.07) is 4.91. The molecule has 0 saturated heterocycles. The molecule has 3 N–H and O–H groups in total. The Kier molecular flexibility index (Phi) is 5.44. The highest BCUT2D eigenvalue weighted by molar-refractivity contribution is 6.34. The van der Waals surface area contributed by atoms with E-state index in [1.807, 2.05) is 13.8 Å². The van der Waals surface area contributed by atoms with Gasteiger partial charge >= 0.3 is 0 Å². The molecule has 0 aromatic heterocycles. The van der Waals surface area contributed by atoms with E-state index in [2.05, 4.69) is 10.3 Å². The van der Waals surface area contributed by atoms with Crippen molar-refractivity contribution in [2.75, 3.05) is 5.88 Å². The molecule has 0 radical (unpaired) electrons. The quantitative estimate of drug-likeness (QED) is 0.508. The number of carbonyl (C=O) groups excluding carboxylic acids is 1. The van der Waals surface area contributed by atoms with Crippen LogP contribution in [0.5, 0.6) is 0 Å². The number of benzene rings is 1. The number of aliphatic imine (C=N–C) groups is 1. The fourth-order valence-corrected chi connectivity index (χ4v) is 1.61. The van der Waals surface area contributed by atoms with Crippen LogP contribution in [0.1, 0.15) is 24.2 Å². The van der Waals surface area contributed by atoms with Crippen molar-refractivity contribution >= 4 is 40.6 Å². The van der Waals surface area contributed by atoms with Crippen LogP contribution in [0.25, 0.3) is 0 Å². The molecule has 0 aliphatic carbocycles. The third kappa shape index (κ3) is 4.20. The fourth-order valence-electron chi connectivity index (χ4n) is 1.29. The Hall–Kier alpha value is -1.26. The summed E-state index contributed by atoms with van der Waals surface area (Å²) < 4.78 is 0. The molecule has 1 amide bonds. The number of nitrogens with one attached hydrogen (secondary N) is 1. The number of halogens is 2. The molecule has 0 spiro atoms. The van der Waals surface area contributed by atoms with Crippen LogP contribution in [0.4, 0.5) is 5.69 Å². The number of carbonyl (C=O) groups is 1. The smallest absolute Gasteiger partial charge is 0.252 e. The van der Waals surface area contributed by atoms with Crippen LogP contribution in [0, 0.1) is 0 Å². The highest BCUT2D eigenvalue weighted by Gasteiger charge is 2.11. The Balaban J connectivity index is 2.96. The molecule has 1 aromatic rings. The number of hydrogen-bond acceptors (Lipinski definition) is 2. The lowest BCUT2D eigenvalue weighted by Gasteiger charge is -2.09. The summed E-state index contributed by atoms with van der Waals surface area (Å²) in [6.07, 6.45) is 0. The first-order valence-corrected chi connectivity index (χ1v) is 6.34. The average molecular weight is 288 g/mol. The molecule has 6 heteroatoms. The van der Waals surface area contributed by atoms with E-state index in [0.29, 0.717) is 22.1 Å². The zero-order valence-corrected chi connectivity index (χ0v) is 11.7. The number of amidine groups is 1. The lowest BCUT2D eigenvalue weighted by atomic mass is 10.2. The maximum Gasteiger partial charge on any atom is 0.252 e. The molecule has 1 rings (SSSR count). The third-order valence-electron chi connectivity index (χ3n) is 2.03. The molecular weight excluding hydrogens is 273 g/mol. The van der Waals surface area contributed by atoms with Crippen LogP contribution in [-0.2, 0) is 0 Å². The molecule has 0 aliphatic rings. The van der Waals surface area contributed by atoms with Crippen LogP contribution in [-0.4, -0.2) is 23.7 Å². The Morgan fingerprint density at radius 2 is 2.17 bits per heavy atom. The van der Waals surface area contributed by atoms with Crippen LogP contribution < -0.4 is 11.1 Å². The number of nitrogens with two attached hydrogens (primary N) is 1. The predicted octanol–water partition coefficient (Wildman–Crippen LogP) is 2.71. The molecule has 0 unspecified atom stereocenters. The summed E-state index contributed by atoms with van der Waals surface area (Å²) in [5, 5.41) is 3.10. The number of amides is 1. The Morgan fingerprint density at radius 1 is 1.50 bits per heavy atom.